The highest BCUT2D eigenvalue weighted by Gasteiger charge is 2.19. The van der Waals surface area contributed by atoms with Gasteiger partial charge in [-0.25, -0.2) is 9.18 Å². The Morgan fingerprint density at radius 3 is 2.36 bits per heavy atom. The third-order valence-electron chi connectivity index (χ3n) is 5.61. The van der Waals surface area contributed by atoms with Crippen molar-refractivity contribution in [3.63, 3.8) is 0 Å². The number of benzene rings is 3. The first kappa shape index (κ1) is 22.2. The summed E-state index contributed by atoms with van der Waals surface area (Å²) in [7, 11) is 0. The number of nitrogens with zero attached hydrogens (tertiary/aromatic N) is 3. The van der Waals surface area contributed by atoms with Crippen molar-refractivity contribution in [2.24, 2.45) is 0 Å². The first-order chi connectivity index (χ1) is 15.9. The Bertz CT molecular complexity index is 1440. The summed E-state index contributed by atoms with van der Waals surface area (Å²) in [5.41, 5.74) is 1.75. The summed E-state index contributed by atoms with van der Waals surface area (Å²) in [5.74, 6) is -0.661. The third kappa shape index (κ3) is 4.48. The quantitative estimate of drug-likeness (QED) is 0.455. The van der Waals surface area contributed by atoms with Gasteiger partial charge >= 0.3 is 5.69 Å². The maximum Gasteiger partial charge on any atom is 0.332 e. The molecule has 4 aromatic rings. The van der Waals surface area contributed by atoms with Gasteiger partial charge < -0.3 is 4.90 Å². The van der Waals surface area contributed by atoms with E-state index in [9.17, 15) is 18.8 Å². The van der Waals surface area contributed by atoms with Crippen LogP contribution in [0.3, 0.4) is 0 Å². The second kappa shape index (κ2) is 9.24. The van der Waals surface area contributed by atoms with Gasteiger partial charge in [-0.15, -0.1) is 0 Å². The standard InChI is InChI=1S/C26H24FN3O3/c1-3-28(21-8-6-7-18(2)15-21)24(31)17-29-23-10-5-4-9-22(23)25(32)30(26(29)33)16-19-11-13-20(27)14-12-19/h4-15H,3,16-17H2,1-2H3. The van der Waals surface area contributed by atoms with Gasteiger partial charge in [-0.05, 0) is 61.4 Å². The zero-order chi connectivity index (χ0) is 23.5. The van der Waals surface area contributed by atoms with Crippen LogP contribution in [0, 0.1) is 12.7 Å². The average molecular weight is 445 g/mol. The molecule has 0 unspecified atom stereocenters. The molecule has 1 aromatic heterocycles. The molecule has 6 nitrogen and oxygen atoms in total. The fraction of sp³-hybridized carbons (Fsp3) is 0.192. The normalized spacial score (nSPS) is 11.0. The minimum Gasteiger partial charge on any atom is -0.311 e. The van der Waals surface area contributed by atoms with Gasteiger partial charge in [0.25, 0.3) is 5.56 Å². The maximum absolute atomic E-state index is 13.4. The molecule has 168 valence electrons. The number of likely N-dealkylation sites (N-methyl/N-ethyl adjacent to an activating group) is 1. The van der Waals surface area contributed by atoms with Crippen LogP contribution in [0.15, 0.2) is 82.4 Å². The Hall–Kier alpha value is -4.00. The smallest absolute Gasteiger partial charge is 0.311 e. The van der Waals surface area contributed by atoms with Crippen LogP contribution < -0.4 is 16.1 Å². The lowest BCUT2D eigenvalue weighted by molar-refractivity contribution is -0.119. The van der Waals surface area contributed by atoms with Crippen LogP contribution in [-0.4, -0.2) is 21.6 Å². The lowest BCUT2D eigenvalue weighted by atomic mass is 10.2. The fourth-order valence-corrected chi connectivity index (χ4v) is 3.95. The summed E-state index contributed by atoms with van der Waals surface area (Å²) in [6.07, 6.45) is 0. The number of fused-ring (bicyclic) bond motifs is 1. The molecule has 3 aromatic carbocycles. The van der Waals surface area contributed by atoms with Crippen molar-refractivity contribution in [3.8, 4) is 0 Å². The van der Waals surface area contributed by atoms with Gasteiger partial charge in [-0.2, -0.15) is 0 Å². The summed E-state index contributed by atoms with van der Waals surface area (Å²) in [6.45, 7) is 4.02. The average Bonchev–Trinajstić information content (AvgIpc) is 2.81. The molecule has 1 amide bonds. The highest BCUT2D eigenvalue weighted by molar-refractivity contribution is 5.94. The largest absolute Gasteiger partial charge is 0.332 e. The third-order valence-corrected chi connectivity index (χ3v) is 5.61. The van der Waals surface area contributed by atoms with Gasteiger partial charge in [-0.3, -0.25) is 18.7 Å². The maximum atomic E-state index is 13.4. The van der Waals surface area contributed by atoms with E-state index >= 15 is 0 Å². The van der Waals surface area contributed by atoms with E-state index in [0.717, 1.165) is 15.8 Å². The van der Waals surface area contributed by atoms with Crippen LogP contribution in [0.4, 0.5) is 10.1 Å². The van der Waals surface area contributed by atoms with Gasteiger partial charge in [0.2, 0.25) is 5.91 Å². The fourth-order valence-electron chi connectivity index (χ4n) is 3.95. The molecule has 0 saturated carbocycles. The zero-order valence-electron chi connectivity index (χ0n) is 18.5. The number of halogens is 1. The van der Waals surface area contributed by atoms with Crippen molar-refractivity contribution >= 4 is 22.5 Å². The van der Waals surface area contributed by atoms with Crippen molar-refractivity contribution in [1.29, 1.82) is 0 Å². The number of carbonyl (C=O) groups is 1. The summed E-state index contributed by atoms with van der Waals surface area (Å²) in [4.78, 5) is 41.4. The lowest BCUT2D eigenvalue weighted by Crippen LogP contribution is -2.43. The van der Waals surface area contributed by atoms with E-state index in [1.54, 1.807) is 29.2 Å². The van der Waals surface area contributed by atoms with E-state index in [2.05, 4.69) is 0 Å². The van der Waals surface area contributed by atoms with Crippen LogP contribution in [0.2, 0.25) is 0 Å². The molecule has 0 N–H and O–H groups in total. The first-order valence-corrected chi connectivity index (χ1v) is 10.7. The second-order valence-corrected chi connectivity index (χ2v) is 7.88. The number of aryl methyl sites for hydroxylation is 1. The van der Waals surface area contributed by atoms with E-state index in [0.29, 0.717) is 23.0 Å². The summed E-state index contributed by atoms with van der Waals surface area (Å²) >= 11 is 0. The van der Waals surface area contributed by atoms with Crippen LogP contribution in [0.5, 0.6) is 0 Å². The Labute approximate surface area is 190 Å². The molecule has 0 aliphatic heterocycles. The monoisotopic (exact) mass is 445 g/mol. The molecule has 0 spiro atoms. The summed E-state index contributed by atoms with van der Waals surface area (Å²) in [6, 6.07) is 20.0. The molecule has 1 heterocycles. The molecule has 4 rings (SSSR count). The highest BCUT2D eigenvalue weighted by atomic mass is 19.1. The Morgan fingerprint density at radius 2 is 1.67 bits per heavy atom. The van der Waals surface area contributed by atoms with E-state index in [1.807, 2.05) is 38.1 Å². The molecular formula is C26H24FN3O3. The van der Waals surface area contributed by atoms with Crippen molar-refractivity contribution in [2.45, 2.75) is 26.9 Å². The van der Waals surface area contributed by atoms with E-state index < -0.39 is 17.1 Å². The molecule has 0 saturated heterocycles. The molecule has 33 heavy (non-hydrogen) atoms. The number of anilines is 1. The molecule has 0 bridgehead atoms. The van der Waals surface area contributed by atoms with Gasteiger partial charge in [0, 0.05) is 12.2 Å². The van der Waals surface area contributed by atoms with E-state index in [1.165, 1.54) is 28.8 Å². The van der Waals surface area contributed by atoms with Crippen LogP contribution in [0.25, 0.3) is 10.9 Å². The first-order valence-electron chi connectivity index (χ1n) is 10.7. The molecule has 0 radical (unpaired) electrons. The van der Waals surface area contributed by atoms with Crippen LogP contribution in [0.1, 0.15) is 18.1 Å². The molecular weight excluding hydrogens is 421 g/mol. The van der Waals surface area contributed by atoms with E-state index in [-0.39, 0.29) is 19.0 Å². The highest BCUT2D eigenvalue weighted by Crippen LogP contribution is 2.17. The second-order valence-electron chi connectivity index (χ2n) is 7.88. The molecule has 0 atom stereocenters. The van der Waals surface area contributed by atoms with Crippen LogP contribution >= 0.6 is 0 Å². The minimum atomic E-state index is -0.586. The molecule has 0 fully saturated rings. The van der Waals surface area contributed by atoms with Gasteiger partial charge in [0.15, 0.2) is 0 Å². The predicted molar refractivity (Wildman–Crippen MR) is 127 cm³/mol. The Kier molecular flexibility index (Phi) is 6.22. The number of hydrogen-bond donors (Lipinski definition) is 0. The number of hydrogen-bond acceptors (Lipinski definition) is 3. The van der Waals surface area contributed by atoms with E-state index in [4.69, 9.17) is 0 Å². The number of para-hydroxylation sites is 1. The van der Waals surface area contributed by atoms with Gasteiger partial charge in [-0.1, -0.05) is 36.4 Å². The summed E-state index contributed by atoms with van der Waals surface area (Å²) in [5, 5.41) is 0.339. The Balaban J connectivity index is 1.79. The molecule has 0 aliphatic carbocycles. The topological polar surface area (TPSA) is 64.3 Å². The summed E-state index contributed by atoms with van der Waals surface area (Å²) < 4.78 is 15.7. The van der Waals surface area contributed by atoms with Gasteiger partial charge in [0.05, 0.1) is 17.4 Å². The Morgan fingerprint density at radius 1 is 0.939 bits per heavy atom. The molecule has 0 aliphatic rings. The SMILES string of the molecule is CCN(C(=O)Cn1c(=O)n(Cc2ccc(F)cc2)c(=O)c2ccccc21)c1cccc(C)c1. The van der Waals surface area contributed by atoms with Crippen molar-refractivity contribution in [1.82, 2.24) is 9.13 Å². The molecule has 7 heteroatoms. The van der Waals surface area contributed by atoms with Crippen molar-refractivity contribution in [3.05, 3.63) is 111 Å². The van der Waals surface area contributed by atoms with Crippen molar-refractivity contribution < 1.29 is 9.18 Å². The number of rotatable bonds is 6. The van der Waals surface area contributed by atoms with Crippen LogP contribution in [-0.2, 0) is 17.9 Å². The van der Waals surface area contributed by atoms with Crippen molar-refractivity contribution in [2.75, 3.05) is 11.4 Å². The predicted octanol–water partition coefficient (Wildman–Crippen LogP) is 3.71. The zero-order valence-corrected chi connectivity index (χ0v) is 18.5. The number of amides is 1. The lowest BCUT2D eigenvalue weighted by Gasteiger charge is -2.23. The number of carbonyl (C=O) groups excluding carboxylic acids is 1. The minimum absolute atomic E-state index is 0.0215. The number of aromatic nitrogens is 2. The van der Waals surface area contributed by atoms with Gasteiger partial charge in [0.1, 0.15) is 12.4 Å².